The Morgan fingerprint density at radius 3 is 2.88 bits per heavy atom. The molecule has 7 heteroatoms. The van der Waals surface area contributed by atoms with Crippen LogP contribution in [0.3, 0.4) is 0 Å². The predicted octanol–water partition coefficient (Wildman–Crippen LogP) is 1.68. The van der Waals surface area contributed by atoms with Crippen molar-refractivity contribution in [3.8, 4) is 5.88 Å². The fraction of sp³-hybridized carbons (Fsp3) is 0.556. The molecule has 1 atom stereocenters. The topological polar surface area (TPSA) is 84.0 Å². The molecule has 0 saturated carbocycles. The molecule has 0 spiro atoms. The van der Waals surface area contributed by atoms with Crippen molar-refractivity contribution in [3.05, 3.63) is 35.8 Å². The summed E-state index contributed by atoms with van der Waals surface area (Å²) in [5.74, 6) is 1.85. The third-order valence-electron chi connectivity index (χ3n) is 5.09. The van der Waals surface area contributed by atoms with Crippen LogP contribution in [0.25, 0.3) is 0 Å². The van der Waals surface area contributed by atoms with Crippen molar-refractivity contribution >= 4 is 5.91 Å². The van der Waals surface area contributed by atoms with Crippen molar-refractivity contribution in [1.82, 2.24) is 24.8 Å². The Bertz CT molecular complexity index is 737. The molecule has 7 nitrogen and oxygen atoms in total. The number of amides is 1. The minimum absolute atomic E-state index is 0.0739. The molecule has 2 aromatic rings. The maximum absolute atomic E-state index is 12.9. The monoisotopic (exact) mass is 341 g/mol. The van der Waals surface area contributed by atoms with Crippen molar-refractivity contribution in [2.45, 2.75) is 45.1 Å². The SMILES string of the molecule is Cc1nc2c([nH]1)C[C@H](C(=O)N1CCC(Oc3cnccn3)CC1)CC2. The molecule has 2 aromatic heterocycles. The Hall–Kier alpha value is -2.44. The number of rotatable bonds is 3. The van der Waals surface area contributed by atoms with E-state index in [0.29, 0.717) is 5.88 Å². The Labute approximate surface area is 146 Å². The molecular formula is C18H23N5O2. The van der Waals surface area contributed by atoms with E-state index >= 15 is 0 Å². The number of fused-ring (bicyclic) bond motifs is 1. The number of carbonyl (C=O) groups excluding carboxylic acids is 1. The van der Waals surface area contributed by atoms with Gasteiger partial charge in [-0.2, -0.15) is 0 Å². The van der Waals surface area contributed by atoms with E-state index in [1.165, 1.54) is 0 Å². The summed E-state index contributed by atoms with van der Waals surface area (Å²) in [6.07, 6.45) is 9.23. The quantitative estimate of drug-likeness (QED) is 0.918. The molecule has 1 N–H and O–H groups in total. The number of imidazole rings is 1. The van der Waals surface area contributed by atoms with Crippen molar-refractivity contribution in [3.63, 3.8) is 0 Å². The van der Waals surface area contributed by atoms with E-state index < -0.39 is 0 Å². The number of hydrogen-bond donors (Lipinski definition) is 1. The van der Waals surface area contributed by atoms with Gasteiger partial charge in [0.25, 0.3) is 0 Å². The van der Waals surface area contributed by atoms with Crippen molar-refractivity contribution in [2.24, 2.45) is 5.92 Å². The maximum Gasteiger partial charge on any atom is 0.232 e. The van der Waals surface area contributed by atoms with Crippen molar-refractivity contribution < 1.29 is 9.53 Å². The van der Waals surface area contributed by atoms with Crippen molar-refractivity contribution in [2.75, 3.05) is 13.1 Å². The second kappa shape index (κ2) is 6.82. The van der Waals surface area contributed by atoms with Crippen LogP contribution >= 0.6 is 0 Å². The number of likely N-dealkylation sites (tertiary alicyclic amines) is 1. The number of H-pyrrole nitrogens is 1. The molecule has 1 fully saturated rings. The third kappa shape index (κ3) is 3.50. The highest BCUT2D eigenvalue weighted by atomic mass is 16.5. The fourth-order valence-electron chi connectivity index (χ4n) is 3.80. The molecule has 2 aliphatic rings. The van der Waals surface area contributed by atoms with Crippen LogP contribution in [0.15, 0.2) is 18.6 Å². The molecule has 0 aromatic carbocycles. The first kappa shape index (κ1) is 16.1. The summed E-state index contributed by atoms with van der Waals surface area (Å²) >= 11 is 0. The largest absolute Gasteiger partial charge is 0.473 e. The molecule has 3 heterocycles. The number of nitrogens with zero attached hydrogens (tertiary/aromatic N) is 4. The van der Waals surface area contributed by atoms with Gasteiger partial charge in [0.05, 0.1) is 11.9 Å². The first-order valence-corrected chi connectivity index (χ1v) is 8.95. The highest BCUT2D eigenvalue weighted by Gasteiger charge is 2.32. The van der Waals surface area contributed by atoms with Gasteiger partial charge in [0.2, 0.25) is 11.8 Å². The highest BCUT2D eigenvalue weighted by Crippen LogP contribution is 2.27. The highest BCUT2D eigenvalue weighted by molar-refractivity contribution is 5.79. The number of carbonyl (C=O) groups is 1. The normalized spacial score (nSPS) is 21.0. The van der Waals surface area contributed by atoms with Crippen LogP contribution in [-0.4, -0.2) is 49.9 Å². The summed E-state index contributed by atoms with van der Waals surface area (Å²) in [6.45, 7) is 3.46. The molecule has 25 heavy (non-hydrogen) atoms. The van der Waals surface area contributed by atoms with E-state index in [1.807, 2.05) is 11.8 Å². The summed E-state index contributed by atoms with van der Waals surface area (Å²) in [6, 6.07) is 0. The van der Waals surface area contributed by atoms with Gasteiger partial charge in [-0.1, -0.05) is 0 Å². The number of nitrogens with one attached hydrogen (secondary N) is 1. The second-order valence-corrected chi connectivity index (χ2v) is 6.87. The van der Waals surface area contributed by atoms with Crippen LogP contribution in [0.5, 0.6) is 5.88 Å². The van der Waals surface area contributed by atoms with Gasteiger partial charge in [-0.25, -0.2) is 9.97 Å². The van der Waals surface area contributed by atoms with Crippen molar-refractivity contribution in [1.29, 1.82) is 0 Å². The molecule has 1 saturated heterocycles. The zero-order valence-electron chi connectivity index (χ0n) is 14.4. The second-order valence-electron chi connectivity index (χ2n) is 6.87. The molecule has 1 amide bonds. The molecule has 0 bridgehead atoms. The van der Waals surface area contributed by atoms with Gasteiger partial charge in [-0.3, -0.25) is 9.78 Å². The summed E-state index contributed by atoms with van der Waals surface area (Å²) in [4.78, 5) is 30.8. The maximum atomic E-state index is 12.9. The number of ether oxygens (including phenoxy) is 1. The van der Waals surface area contributed by atoms with Gasteiger partial charge in [-0.15, -0.1) is 0 Å². The van der Waals surface area contributed by atoms with Gasteiger partial charge >= 0.3 is 0 Å². The van der Waals surface area contributed by atoms with E-state index in [0.717, 1.165) is 62.4 Å². The number of aryl methyl sites for hydroxylation is 2. The van der Waals surface area contributed by atoms with E-state index in [2.05, 4.69) is 19.9 Å². The minimum atomic E-state index is 0.0739. The molecule has 1 aliphatic heterocycles. The molecular weight excluding hydrogens is 318 g/mol. The molecule has 4 rings (SSSR count). The van der Waals surface area contributed by atoms with E-state index in [1.54, 1.807) is 18.6 Å². The van der Waals surface area contributed by atoms with Crippen LogP contribution < -0.4 is 4.74 Å². The van der Waals surface area contributed by atoms with Crippen LogP contribution in [-0.2, 0) is 17.6 Å². The smallest absolute Gasteiger partial charge is 0.232 e. The lowest BCUT2D eigenvalue weighted by atomic mass is 9.88. The Balaban J connectivity index is 1.31. The number of aromatic amines is 1. The zero-order chi connectivity index (χ0) is 17.2. The summed E-state index contributed by atoms with van der Waals surface area (Å²) in [5.41, 5.74) is 2.28. The van der Waals surface area contributed by atoms with Gasteiger partial charge < -0.3 is 14.6 Å². The first-order valence-electron chi connectivity index (χ1n) is 8.95. The van der Waals surface area contributed by atoms with Gasteiger partial charge in [0.15, 0.2) is 0 Å². The van der Waals surface area contributed by atoms with Gasteiger partial charge in [-0.05, 0) is 19.8 Å². The third-order valence-corrected chi connectivity index (χ3v) is 5.09. The average Bonchev–Trinajstić information content (AvgIpc) is 3.02. The summed E-state index contributed by atoms with van der Waals surface area (Å²) in [5, 5.41) is 0. The standard InChI is InChI=1S/C18H23N5O2/c1-12-21-15-3-2-13(10-16(15)22-12)18(24)23-8-4-14(5-9-23)25-17-11-19-6-7-20-17/h6-7,11,13-14H,2-5,8-10H2,1H3,(H,21,22)/t13-/m1/s1. The predicted molar refractivity (Wildman–Crippen MR) is 91.1 cm³/mol. The van der Waals surface area contributed by atoms with Gasteiger partial charge in [0, 0.05) is 56.4 Å². The van der Waals surface area contributed by atoms with Crippen LogP contribution in [0.1, 0.15) is 36.5 Å². The minimum Gasteiger partial charge on any atom is -0.473 e. The van der Waals surface area contributed by atoms with Crippen LogP contribution in [0.2, 0.25) is 0 Å². The lowest BCUT2D eigenvalue weighted by molar-refractivity contribution is -0.137. The fourth-order valence-corrected chi connectivity index (χ4v) is 3.80. The molecule has 0 unspecified atom stereocenters. The summed E-state index contributed by atoms with van der Waals surface area (Å²) < 4.78 is 5.85. The molecule has 132 valence electrons. The zero-order valence-corrected chi connectivity index (χ0v) is 14.4. The van der Waals surface area contributed by atoms with E-state index in [4.69, 9.17) is 4.74 Å². The Kier molecular flexibility index (Phi) is 4.38. The first-order chi connectivity index (χ1) is 12.2. The number of piperidine rings is 1. The molecule has 1 aliphatic carbocycles. The van der Waals surface area contributed by atoms with Gasteiger partial charge in [0.1, 0.15) is 11.9 Å². The summed E-state index contributed by atoms with van der Waals surface area (Å²) in [7, 11) is 0. The Morgan fingerprint density at radius 1 is 1.28 bits per heavy atom. The lowest BCUT2D eigenvalue weighted by Gasteiger charge is -2.34. The van der Waals surface area contributed by atoms with Crippen LogP contribution in [0.4, 0.5) is 0 Å². The lowest BCUT2D eigenvalue weighted by Crippen LogP contribution is -2.45. The van der Waals surface area contributed by atoms with Crippen LogP contribution in [0, 0.1) is 12.8 Å². The molecule has 0 radical (unpaired) electrons. The van der Waals surface area contributed by atoms with E-state index in [9.17, 15) is 4.79 Å². The number of hydrogen-bond acceptors (Lipinski definition) is 5. The van der Waals surface area contributed by atoms with E-state index in [-0.39, 0.29) is 17.9 Å². The average molecular weight is 341 g/mol. The number of aromatic nitrogens is 4. The Morgan fingerprint density at radius 2 is 2.12 bits per heavy atom.